The minimum absolute atomic E-state index is 0.0240. The van der Waals surface area contributed by atoms with E-state index in [1.165, 1.54) is 16.0 Å². The minimum atomic E-state index is -0.0240. The summed E-state index contributed by atoms with van der Waals surface area (Å²) < 4.78 is 0. The third-order valence-corrected chi connectivity index (χ3v) is 5.48. The second-order valence-electron chi connectivity index (χ2n) is 6.35. The summed E-state index contributed by atoms with van der Waals surface area (Å²) in [5.74, 6) is -0.0240. The van der Waals surface area contributed by atoms with Gasteiger partial charge in [0.1, 0.15) is 6.04 Å². The Morgan fingerprint density at radius 2 is 1.92 bits per heavy atom. The number of thiophene rings is 1. The maximum Gasteiger partial charge on any atom is 0.279 e. The molecule has 0 spiro atoms. The topological polar surface area (TPSA) is 45.7 Å². The van der Waals surface area contributed by atoms with Crippen LogP contribution in [0.5, 0.6) is 0 Å². The Kier molecular flexibility index (Phi) is 6.09. The lowest BCUT2D eigenvalue weighted by Crippen LogP contribution is -2.87. The first-order chi connectivity index (χ1) is 12.5. The van der Waals surface area contributed by atoms with Gasteiger partial charge >= 0.3 is 0 Å². The number of amides is 1. The van der Waals surface area contributed by atoms with Gasteiger partial charge in [0.05, 0.1) is 4.88 Å². The fourth-order valence-corrected chi connectivity index (χ4v) is 3.93. The molecular weight excluding hydrogens is 364 g/mol. The van der Waals surface area contributed by atoms with Crippen LogP contribution in [0.2, 0.25) is 5.02 Å². The SMILES string of the molecule is Cc1ccc([C@@H]([NH2+]CC(=O)Nc2ccc(Cl)cc2C)c2cccs2)cc1. The first-order valence-corrected chi connectivity index (χ1v) is 9.78. The molecule has 0 saturated heterocycles. The molecule has 1 atom stereocenters. The molecule has 2 aromatic carbocycles. The Morgan fingerprint density at radius 1 is 1.15 bits per heavy atom. The fraction of sp³-hybridized carbons (Fsp3) is 0.190. The van der Waals surface area contributed by atoms with E-state index in [2.05, 4.69) is 53.3 Å². The number of hydrogen-bond acceptors (Lipinski definition) is 2. The van der Waals surface area contributed by atoms with Gasteiger partial charge in [-0.15, -0.1) is 11.3 Å². The van der Waals surface area contributed by atoms with Crippen LogP contribution < -0.4 is 10.6 Å². The van der Waals surface area contributed by atoms with Gasteiger partial charge in [0.25, 0.3) is 5.91 Å². The molecule has 3 nitrogen and oxygen atoms in total. The summed E-state index contributed by atoms with van der Waals surface area (Å²) in [5, 5.41) is 7.80. The van der Waals surface area contributed by atoms with E-state index in [-0.39, 0.29) is 11.9 Å². The third-order valence-electron chi connectivity index (χ3n) is 4.29. The maximum absolute atomic E-state index is 12.4. The molecule has 0 aliphatic heterocycles. The molecule has 1 heterocycles. The van der Waals surface area contributed by atoms with Gasteiger partial charge < -0.3 is 10.6 Å². The van der Waals surface area contributed by atoms with E-state index in [9.17, 15) is 4.79 Å². The smallest absolute Gasteiger partial charge is 0.279 e. The van der Waals surface area contributed by atoms with Crippen molar-refractivity contribution >= 4 is 34.5 Å². The number of carbonyl (C=O) groups is 1. The summed E-state index contributed by atoms with van der Waals surface area (Å²) in [7, 11) is 0. The van der Waals surface area contributed by atoms with Gasteiger partial charge in [0, 0.05) is 16.3 Å². The average molecular weight is 386 g/mol. The summed E-state index contributed by atoms with van der Waals surface area (Å²) in [5.41, 5.74) is 4.19. The van der Waals surface area contributed by atoms with Crippen molar-refractivity contribution in [3.8, 4) is 0 Å². The zero-order chi connectivity index (χ0) is 18.5. The van der Waals surface area contributed by atoms with Crippen LogP contribution in [-0.4, -0.2) is 12.5 Å². The molecule has 3 rings (SSSR count). The van der Waals surface area contributed by atoms with Gasteiger partial charge in [-0.1, -0.05) is 47.5 Å². The van der Waals surface area contributed by atoms with Crippen molar-refractivity contribution in [1.29, 1.82) is 0 Å². The Bertz CT molecular complexity index is 876. The normalized spacial score (nSPS) is 12.0. The highest BCUT2D eigenvalue weighted by Gasteiger charge is 2.20. The molecule has 0 radical (unpaired) electrons. The van der Waals surface area contributed by atoms with Gasteiger partial charge in [-0.2, -0.15) is 0 Å². The van der Waals surface area contributed by atoms with E-state index in [0.717, 1.165) is 11.3 Å². The summed E-state index contributed by atoms with van der Waals surface area (Å²) >= 11 is 7.69. The summed E-state index contributed by atoms with van der Waals surface area (Å²) in [6.45, 7) is 4.36. The van der Waals surface area contributed by atoms with E-state index < -0.39 is 0 Å². The van der Waals surface area contributed by atoms with E-state index in [1.54, 1.807) is 17.4 Å². The first-order valence-electron chi connectivity index (χ1n) is 8.52. The van der Waals surface area contributed by atoms with Crippen molar-refractivity contribution in [2.45, 2.75) is 19.9 Å². The number of hydrogen-bond donors (Lipinski definition) is 2. The number of rotatable bonds is 6. The highest BCUT2D eigenvalue weighted by molar-refractivity contribution is 7.10. The largest absolute Gasteiger partial charge is 0.328 e. The molecule has 3 aromatic rings. The summed E-state index contributed by atoms with van der Waals surface area (Å²) in [6, 6.07) is 18.3. The van der Waals surface area contributed by atoms with E-state index in [1.807, 2.05) is 25.1 Å². The van der Waals surface area contributed by atoms with Gasteiger partial charge in [0.15, 0.2) is 6.54 Å². The monoisotopic (exact) mass is 385 g/mol. The van der Waals surface area contributed by atoms with Gasteiger partial charge in [-0.05, 0) is 49.1 Å². The quantitative estimate of drug-likeness (QED) is 0.652. The maximum atomic E-state index is 12.4. The Hall–Kier alpha value is -2.14. The highest BCUT2D eigenvalue weighted by Crippen LogP contribution is 2.23. The fourth-order valence-electron chi connectivity index (χ4n) is 2.85. The molecule has 0 saturated carbocycles. The third kappa shape index (κ3) is 4.73. The molecule has 26 heavy (non-hydrogen) atoms. The van der Waals surface area contributed by atoms with E-state index in [4.69, 9.17) is 11.6 Å². The predicted octanol–water partition coefficient (Wildman–Crippen LogP) is 4.31. The van der Waals surface area contributed by atoms with Crippen molar-refractivity contribution in [1.82, 2.24) is 0 Å². The number of quaternary nitrogens is 1. The zero-order valence-electron chi connectivity index (χ0n) is 14.8. The van der Waals surface area contributed by atoms with Crippen molar-refractivity contribution in [2.75, 3.05) is 11.9 Å². The number of nitrogens with one attached hydrogen (secondary N) is 1. The number of carbonyl (C=O) groups excluding carboxylic acids is 1. The molecule has 5 heteroatoms. The van der Waals surface area contributed by atoms with Crippen LogP contribution in [0.3, 0.4) is 0 Å². The molecule has 134 valence electrons. The molecule has 0 aliphatic rings. The summed E-state index contributed by atoms with van der Waals surface area (Å²) in [4.78, 5) is 13.7. The molecule has 0 fully saturated rings. The molecule has 0 aliphatic carbocycles. The molecular formula is C21H22ClN2OS+. The van der Waals surface area contributed by atoms with Gasteiger partial charge in [-0.3, -0.25) is 4.79 Å². The number of benzene rings is 2. The van der Waals surface area contributed by atoms with Crippen LogP contribution in [-0.2, 0) is 4.79 Å². The molecule has 0 bridgehead atoms. The number of nitrogens with two attached hydrogens (primary N) is 1. The van der Waals surface area contributed by atoms with Crippen LogP contribution in [0.4, 0.5) is 5.69 Å². The molecule has 1 aromatic heterocycles. The zero-order valence-corrected chi connectivity index (χ0v) is 16.4. The predicted molar refractivity (Wildman–Crippen MR) is 109 cm³/mol. The minimum Gasteiger partial charge on any atom is -0.328 e. The van der Waals surface area contributed by atoms with Crippen LogP contribution in [0.25, 0.3) is 0 Å². The van der Waals surface area contributed by atoms with Gasteiger partial charge in [-0.25, -0.2) is 0 Å². The number of halogens is 1. The molecule has 1 amide bonds. The highest BCUT2D eigenvalue weighted by atomic mass is 35.5. The van der Waals surface area contributed by atoms with Crippen molar-refractivity contribution in [2.24, 2.45) is 0 Å². The lowest BCUT2D eigenvalue weighted by molar-refractivity contribution is -0.675. The standard InChI is InChI=1S/C21H21ClN2OS/c1-14-5-7-16(8-6-14)21(19-4-3-11-26-19)23-13-20(25)24-18-10-9-17(22)12-15(18)2/h3-12,21,23H,13H2,1-2H3,(H,24,25)/p+1/t21-/m1/s1. The Labute approximate surface area is 163 Å². The second kappa shape index (κ2) is 8.49. The van der Waals surface area contributed by atoms with Crippen LogP contribution in [0, 0.1) is 13.8 Å². The lowest BCUT2D eigenvalue weighted by Gasteiger charge is -2.15. The number of aryl methyl sites for hydroxylation is 2. The van der Waals surface area contributed by atoms with Crippen LogP contribution in [0.1, 0.15) is 27.6 Å². The second-order valence-corrected chi connectivity index (χ2v) is 7.77. The van der Waals surface area contributed by atoms with Crippen LogP contribution >= 0.6 is 22.9 Å². The van der Waals surface area contributed by atoms with Crippen molar-refractivity contribution < 1.29 is 10.1 Å². The lowest BCUT2D eigenvalue weighted by atomic mass is 10.0. The van der Waals surface area contributed by atoms with Crippen LogP contribution in [0.15, 0.2) is 60.0 Å². The Balaban J connectivity index is 1.69. The molecule has 0 unspecified atom stereocenters. The molecule has 3 N–H and O–H groups in total. The van der Waals surface area contributed by atoms with E-state index >= 15 is 0 Å². The van der Waals surface area contributed by atoms with Gasteiger partial charge in [0.2, 0.25) is 0 Å². The van der Waals surface area contributed by atoms with Crippen molar-refractivity contribution in [3.63, 3.8) is 0 Å². The summed E-state index contributed by atoms with van der Waals surface area (Å²) in [6.07, 6.45) is 0. The Morgan fingerprint density at radius 3 is 2.58 bits per heavy atom. The van der Waals surface area contributed by atoms with Crippen molar-refractivity contribution in [3.05, 3.63) is 86.6 Å². The first kappa shape index (κ1) is 18.6. The number of anilines is 1. The average Bonchev–Trinajstić information content (AvgIpc) is 3.13. The van der Waals surface area contributed by atoms with E-state index in [0.29, 0.717) is 11.6 Å².